The SMILES string of the molecule is CCCCCCCCCCCCCCCCCCOC(=O)[C@@H](N)CCCN=C(N)N.[H-].[Na+]. The van der Waals surface area contributed by atoms with Crippen molar-refractivity contribution in [1.29, 1.82) is 0 Å². The molecule has 0 aromatic rings. The normalized spacial score (nSPS) is 11.5. The molecule has 0 fully saturated rings. The molecule has 0 amide bonds. The smallest absolute Gasteiger partial charge is 1.00 e. The zero-order valence-electron chi connectivity index (χ0n) is 21.7. The van der Waals surface area contributed by atoms with Crippen molar-refractivity contribution >= 4 is 11.9 Å². The number of ether oxygens (including phenoxy) is 1. The zero-order chi connectivity index (χ0) is 22.3. The van der Waals surface area contributed by atoms with Crippen LogP contribution in [0.15, 0.2) is 4.99 Å². The third-order valence-corrected chi connectivity index (χ3v) is 5.51. The van der Waals surface area contributed by atoms with Crippen molar-refractivity contribution in [2.45, 2.75) is 129 Å². The maximum Gasteiger partial charge on any atom is 1.00 e. The number of guanidine groups is 1. The number of nitrogens with zero attached hydrogens (tertiary/aromatic N) is 1. The van der Waals surface area contributed by atoms with E-state index in [-0.39, 0.29) is 42.9 Å². The van der Waals surface area contributed by atoms with Crippen LogP contribution in [0.4, 0.5) is 0 Å². The molecule has 0 aromatic heterocycles. The second-order valence-corrected chi connectivity index (χ2v) is 8.53. The predicted molar refractivity (Wildman–Crippen MR) is 130 cm³/mol. The summed E-state index contributed by atoms with van der Waals surface area (Å²) in [6.45, 7) is 3.23. The van der Waals surface area contributed by atoms with Gasteiger partial charge in [0, 0.05) is 6.54 Å². The minimum atomic E-state index is -0.583. The monoisotopic (exact) mass is 450 g/mol. The van der Waals surface area contributed by atoms with Gasteiger partial charge in [0.25, 0.3) is 0 Å². The minimum absolute atomic E-state index is 0. The average Bonchev–Trinajstić information content (AvgIpc) is 2.72. The van der Waals surface area contributed by atoms with Crippen molar-refractivity contribution in [2.75, 3.05) is 13.2 Å². The molecule has 0 spiro atoms. The Morgan fingerprint density at radius 3 is 1.61 bits per heavy atom. The molecule has 0 unspecified atom stereocenters. The van der Waals surface area contributed by atoms with Crippen LogP contribution in [0.25, 0.3) is 0 Å². The molecule has 0 saturated heterocycles. The molecule has 0 aliphatic carbocycles. The van der Waals surface area contributed by atoms with E-state index in [9.17, 15) is 4.79 Å². The van der Waals surface area contributed by atoms with Crippen molar-refractivity contribution < 1.29 is 40.5 Å². The number of esters is 1. The van der Waals surface area contributed by atoms with Crippen molar-refractivity contribution in [3.05, 3.63) is 0 Å². The van der Waals surface area contributed by atoms with E-state index in [2.05, 4.69) is 11.9 Å². The topological polar surface area (TPSA) is 117 Å². The van der Waals surface area contributed by atoms with Crippen LogP contribution in [-0.4, -0.2) is 31.1 Å². The van der Waals surface area contributed by atoms with Gasteiger partial charge in [-0.15, -0.1) is 0 Å². The fourth-order valence-corrected chi connectivity index (χ4v) is 3.57. The second-order valence-electron chi connectivity index (χ2n) is 8.53. The van der Waals surface area contributed by atoms with Gasteiger partial charge in [-0.1, -0.05) is 103 Å². The first-order valence-corrected chi connectivity index (χ1v) is 12.6. The number of hydrogen-bond donors (Lipinski definition) is 3. The van der Waals surface area contributed by atoms with Gasteiger partial charge in [0.15, 0.2) is 5.96 Å². The van der Waals surface area contributed by atoms with Crippen molar-refractivity contribution in [2.24, 2.45) is 22.2 Å². The minimum Gasteiger partial charge on any atom is -1.00 e. The molecule has 0 aromatic carbocycles. The Balaban J connectivity index is -0.00000420. The summed E-state index contributed by atoms with van der Waals surface area (Å²) >= 11 is 0. The van der Waals surface area contributed by atoms with Gasteiger partial charge >= 0.3 is 35.5 Å². The molecule has 7 heteroatoms. The third-order valence-electron chi connectivity index (χ3n) is 5.51. The number of rotatable bonds is 22. The molecule has 0 aliphatic rings. The van der Waals surface area contributed by atoms with Crippen LogP contribution in [0, 0.1) is 0 Å². The molecule has 0 rings (SSSR count). The van der Waals surface area contributed by atoms with E-state index in [1.807, 2.05) is 0 Å². The van der Waals surface area contributed by atoms with Crippen molar-refractivity contribution in [3.8, 4) is 0 Å². The number of hydrogen-bond acceptors (Lipinski definition) is 4. The number of unbranched alkanes of at least 4 members (excludes halogenated alkanes) is 15. The van der Waals surface area contributed by atoms with Crippen LogP contribution in [0.3, 0.4) is 0 Å². The summed E-state index contributed by atoms with van der Waals surface area (Å²) in [5.41, 5.74) is 16.3. The van der Waals surface area contributed by atoms with Gasteiger partial charge in [-0.05, 0) is 19.3 Å². The molecular weight excluding hydrogens is 399 g/mol. The Bertz CT molecular complexity index is 425. The fraction of sp³-hybridized carbons (Fsp3) is 0.917. The van der Waals surface area contributed by atoms with E-state index in [4.69, 9.17) is 21.9 Å². The number of nitrogens with two attached hydrogens (primary N) is 3. The Kier molecular flexibility index (Phi) is 27.5. The summed E-state index contributed by atoms with van der Waals surface area (Å²) in [5.74, 6) is -0.254. The van der Waals surface area contributed by atoms with Gasteiger partial charge in [-0.3, -0.25) is 9.79 Å². The van der Waals surface area contributed by atoms with E-state index in [1.54, 1.807) is 0 Å². The maximum atomic E-state index is 11.8. The van der Waals surface area contributed by atoms with Gasteiger partial charge in [-0.2, -0.15) is 0 Å². The van der Waals surface area contributed by atoms with E-state index < -0.39 is 6.04 Å². The molecule has 0 radical (unpaired) electrons. The number of carbonyl (C=O) groups is 1. The zero-order valence-corrected chi connectivity index (χ0v) is 22.7. The molecule has 0 heterocycles. The molecule has 0 aliphatic heterocycles. The summed E-state index contributed by atoms with van der Waals surface area (Å²) < 4.78 is 5.25. The molecule has 0 saturated carbocycles. The quantitative estimate of drug-likeness (QED) is 0.0769. The summed E-state index contributed by atoms with van der Waals surface area (Å²) in [6.07, 6.45) is 22.5. The summed E-state index contributed by atoms with van der Waals surface area (Å²) in [5, 5.41) is 0. The molecule has 180 valence electrons. The average molecular weight is 451 g/mol. The largest absolute Gasteiger partial charge is 1.00 e. The summed E-state index contributed by atoms with van der Waals surface area (Å²) in [4.78, 5) is 15.7. The Morgan fingerprint density at radius 2 is 1.19 bits per heavy atom. The molecule has 6 nitrogen and oxygen atoms in total. The van der Waals surface area contributed by atoms with Gasteiger partial charge in [-0.25, -0.2) is 0 Å². The Labute approximate surface area is 215 Å². The van der Waals surface area contributed by atoms with Crippen LogP contribution in [0.5, 0.6) is 0 Å². The summed E-state index contributed by atoms with van der Waals surface area (Å²) in [6, 6.07) is -0.583. The fourth-order valence-electron chi connectivity index (χ4n) is 3.57. The number of carbonyl (C=O) groups excluding carboxylic acids is 1. The van der Waals surface area contributed by atoms with Crippen molar-refractivity contribution in [1.82, 2.24) is 0 Å². The molecule has 31 heavy (non-hydrogen) atoms. The van der Waals surface area contributed by atoms with Crippen LogP contribution in [-0.2, 0) is 9.53 Å². The molecule has 6 N–H and O–H groups in total. The second kappa shape index (κ2) is 26.0. The first-order chi connectivity index (χ1) is 14.6. The van der Waals surface area contributed by atoms with Crippen LogP contribution in [0.1, 0.15) is 124 Å². The van der Waals surface area contributed by atoms with Crippen LogP contribution < -0.4 is 46.8 Å². The van der Waals surface area contributed by atoms with E-state index in [0.29, 0.717) is 26.0 Å². The predicted octanol–water partition coefficient (Wildman–Crippen LogP) is 2.29. The first-order valence-electron chi connectivity index (χ1n) is 12.6. The third kappa shape index (κ3) is 25.8. The molecule has 1 atom stereocenters. The molecule has 0 bridgehead atoms. The van der Waals surface area contributed by atoms with Gasteiger partial charge < -0.3 is 23.4 Å². The van der Waals surface area contributed by atoms with Gasteiger partial charge in [0.2, 0.25) is 0 Å². The Morgan fingerprint density at radius 1 is 0.774 bits per heavy atom. The van der Waals surface area contributed by atoms with Crippen LogP contribution >= 0.6 is 0 Å². The molecular formula is C24H51N4NaO2. The van der Waals surface area contributed by atoms with E-state index >= 15 is 0 Å². The Hall–Kier alpha value is -0.300. The van der Waals surface area contributed by atoms with E-state index in [0.717, 1.165) is 12.8 Å². The summed E-state index contributed by atoms with van der Waals surface area (Å²) in [7, 11) is 0. The first kappa shape index (κ1) is 32.9. The maximum absolute atomic E-state index is 11.8. The van der Waals surface area contributed by atoms with Crippen LogP contribution in [0.2, 0.25) is 0 Å². The van der Waals surface area contributed by atoms with Crippen molar-refractivity contribution in [3.63, 3.8) is 0 Å². The standard InChI is InChI=1S/C24H50N4O2.Na.H/c1-2-3-4-5-6-7-8-9-10-11-12-13-14-15-16-17-21-30-23(29)22(25)19-18-20-28-24(26)27;;/h22H,2-21,25H2,1H3,(H4,26,27,28);;/q;+1;-1/t22-;;/m0../s1. The van der Waals surface area contributed by atoms with Gasteiger partial charge in [0.1, 0.15) is 6.04 Å². The van der Waals surface area contributed by atoms with Gasteiger partial charge in [0.05, 0.1) is 6.61 Å². The van der Waals surface area contributed by atoms with E-state index in [1.165, 1.54) is 89.9 Å². The number of aliphatic imine (C=N–C) groups is 1.